The number of benzene rings is 2. The number of carbonyl (C=O) groups excluding carboxylic acids is 3. The minimum Gasteiger partial charge on any atom is -0.497 e. The van der Waals surface area contributed by atoms with Crippen LogP contribution in [0.1, 0.15) is 26.4 Å². The molecule has 0 bridgehead atoms. The second-order valence-corrected chi connectivity index (χ2v) is 6.79. The van der Waals surface area contributed by atoms with Crippen molar-refractivity contribution in [2.24, 2.45) is 0 Å². The molecule has 2 N–H and O–H groups in total. The maximum atomic E-state index is 13.1. The summed E-state index contributed by atoms with van der Waals surface area (Å²) in [7, 11) is 2.63. The number of hydrogen-bond acceptors (Lipinski definition) is 6. The molecule has 8 nitrogen and oxygen atoms in total. The Kier molecular flexibility index (Phi) is 7.15. The summed E-state index contributed by atoms with van der Waals surface area (Å²) in [5, 5.41) is 4.60. The van der Waals surface area contributed by atoms with E-state index in [9.17, 15) is 27.6 Å². The van der Waals surface area contributed by atoms with Crippen LogP contribution in [-0.4, -0.2) is 36.7 Å². The molecule has 1 heterocycles. The van der Waals surface area contributed by atoms with Crippen molar-refractivity contribution in [1.29, 1.82) is 0 Å². The molecule has 0 atom stereocenters. The zero-order valence-corrected chi connectivity index (χ0v) is 17.9. The summed E-state index contributed by atoms with van der Waals surface area (Å²) < 4.78 is 49.6. The molecule has 1 aromatic heterocycles. The van der Waals surface area contributed by atoms with Crippen LogP contribution in [0, 0.1) is 0 Å². The Balaban J connectivity index is 1.74. The van der Waals surface area contributed by atoms with Gasteiger partial charge < -0.3 is 20.1 Å². The fraction of sp³-hybridized carbons (Fsp3) is 0.130. The van der Waals surface area contributed by atoms with Gasteiger partial charge in [-0.3, -0.25) is 14.4 Å². The number of pyridine rings is 1. The van der Waals surface area contributed by atoms with Crippen molar-refractivity contribution >= 4 is 23.3 Å². The highest BCUT2D eigenvalue weighted by molar-refractivity contribution is 6.46. The number of ketones is 1. The standard InChI is InChI=1S/C23H18F3N3O5/c1-27-21(31)19-18(4-3-9-28-19)34-16-7-5-13(6-8-16)20(30)22(32)29-15-10-14(23(24,25)26)11-17(12-15)33-2/h3-12H,1-2H3,(H,27,31)(H,29,32). The van der Waals surface area contributed by atoms with E-state index < -0.39 is 29.3 Å². The lowest BCUT2D eigenvalue weighted by atomic mass is 10.1. The minimum atomic E-state index is -4.67. The minimum absolute atomic E-state index is 0.0264. The predicted molar refractivity (Wildman–Crippen MR) is 115 cm³/mol. The third-order valence-electron chi connectivity index (χ3n) is 4.49. The Morgan fingerprint density at radius 1 is 0.971 bits per heavy atom. The van der Waals surface area contributed by atoms with Gasteiger partial charge >= 0.3 is 6.18 Å². The number of amides is 2. The van der Waals surface area contributed by atoms with Crippen LogP contribution in [0.3, 0.4) is 0 Å². The smallest absolute Gasteiger partial charge is 0.416 e. The van der Waals surface area contributed by atoms with Crippen molar-refractivity contribution in [3.8, 4) is 17.2 Å². The Labute approximate surface area is 191 Å². The topological polar surface area (TPSA) is 107 Å². The number of nitrogens with one attached hydrogen (secondary N) is 2. The maximum Gasteiger partial charge on any atom is 0.416 e. The van der Waals surface area contributed by atoms with Gasteiger partial charge in [0, 0.05) is 30.6 Å². The van der Waals surface area contributed by atoms with Crippen molar-refractivity contribution in [2.45, 2.75) is 6.18 Å². The molecule has 11 heteroatoms. The highest BCUT2D eigenvalue weighted by Gasteiger charge is 2.32. The van der Waals surface area contributed by atoms with E-state index in [0.29, 0.717) is 6.07 Å². The van der Waals surface area contributed by atoms with Gasteiger partial charge in [0.25, 0.3) is 17.6 Å². The second kappa shape index (κ2) is 10.0. The van der Waals surface area contributed by atoms with Crippen molar-refractivity contribution in [3.05, 3.63) is 77.6 Å². The zero-order chi connectivity index (χ0) is 24.9. The van der Waals surface area contributed by atoms with Crippen molar-refractivity contribution in [2.75, 3.05) is 19.5 Å². The van der Waals surface area contributed by atoms with Crippen LogP contribution in [0.5, 0.6) is 17.2 Å². The lowest BCUT2D eigenvalue weighted by Gasteiger charge is -2.12. The molecule has 0 saturated carbocycles. The molecule has 3 aromatic rings. The molecule has 3 rings (SSSR count). The van der Waals surface area contributed by atoms with Crippen LogP contribution < -0.4 is 20.1 Å². The highest BCUT2D eigenvalue weighted by Crippen LogP contribution is 2.34. The number of carbonyl (C=O) groups is 3. The molecule has 0 fully saturated rings. The van der Waals surface area contributed by atoms with Gasteiger partial charge in [-0.25, -0.2) is 4.98 Å². The first kappa shape index (κ1) is 24.2. The third kappa shape index (κ3) is 5.68. The first-order valence-electron chi connectivity index (χ1n) is 9.69. The van der Waals surface area contributed by atoms with E-state index in [0.717, 1.165) is 12.1 Å². The maximum absolute atomic E-state index is 13.1. The summed E-state index contributed by atoms with van der Waals surface area (Å²) in [5.41, 5.74) is -1.26. The molecule has 0 aliphatic rings. The number of halogens is 3. The van der Waals surface area contributed by atoms with Crippen LogP contribution in [-0.2, 0) is 11.0 Å². The molecule has 0 aliphatic carbocycles. The average Bonchev–Trinajstić information content (AvgIpc) is 2.83. The number of ether oxygens (including phenoxy) is 2. The molecule has 2 amide bonds. The molecular weight excluding hydrogens is 455 g/mol. The van der Waals surface area contributed by atoms with Gasteiger partial charge in [0.05, 0.1) is 12.7 Å². The molecule has 0 spiro atoms. The quantitative estimate of drug-likeness (QED) is 0.396. The number of nitrogens with zero attached hydrogens (tertiary/aromatic N) is 1. The monoisotopic (exact) mass is 473 g/mol. The summed E-state index contributed by atoms with van der Waals surface area (Å²) in [6.07, 6.45) is -3.24. The van der Waals surface area contributed by atoms with E-state index in [4.69, 9.17) is 9.47 Å². The molecule has 176 valence electrons. The van der Waals surface area contributed by atoms with Gasteiger partial charge in [-0.2, -0.15) is 13.2 Å². The summed E-state index contributed by atoms with van der Waals surface area (Å²) in [4.78, 5) is 40.7. The predicted octanol–water partition coefficient (Wildman–Crippen LogP) is 4.08. The Morgan fingerprint density at radius 2 is 1.68 bits per heavy atom. The number of alkyl halides is 3. The Hall–Kier alpha value is -4.41. The van der Waals surface area contributed by atoms with Crippen molar-refractivity contribution < 1.29 is 37.0 Å². The molecule has 0 aliphatic heterocycles. The molecular formula is C23H18F3N3O5. The molecule has 34 heavy (non-hydrogen) atoms. The van der Waals surface area contributed by atoms with Gasteiger partial charge in [0.2, 0.25) is 0 Å². The number of anilines is 1. The number of methoxy groups -OCH3 is 1. The summed E-state index contributed by atoms with van der Waals surface area (Å²) in [6, 6.07) is 11.1. The van der Waals surface area contributed by atoms with Crippen LogP contribution in [0.4, 0.5) is 18.9 Å². The molecule has 0 radical (unpaired) electrons. The highest BCUT2D eigenvalue weighted by atomic mass is 19.4. The van der Waals surface area contributed by atoms with Crippen LogP contribution in [0.15, 0.2) is 60.8 Å². The van der Waals surface area contributed by atoms with Gasteiger partial charge in [0.1, 0.15) is 11.5 Å². The summed E-state index contributed by atoms with van der Waals surface area (Å²) in [5.74, 6) is -2.26. The molecule has 2 aromatic carbocycles. The lowest BCUT2D eigenvalue weighted by molar-refractivity contribution is -0.137. The van der Waals surface area contributed by atoms with Crippen LogP contribution in [0.25, 0.3) is 0 Å². The van der Waals surface area contributed by atoms with Crippen LogP contribution in [0.2, 0.25) is 0 Å². The first-order chi connectivity index (χ1) is 16.1. The number of Topliss-reactive ketones (excluding diaryl/α,β-unsaturated/α-hetero) is 1. The first-order valence-corrected chi connectivity index (χ1v) is 9.69. The van der Waals surface area contributed by atoms with E-state index >= 15 is 0 Å². The largest absolute Gasteiger partial charge is 0.497 e. The Morgan fingerprint density at radius 3 is 2.29 bits per heavy atom. The normalized spacial score (nSPS) is 10.9. The molecule has 0 unspecified atom stereocenters. The number of aromatic nitrogens is 1. The fourth-order valence-electron chi connectivity index (χ4n) is 2.83. The van der Waals surface area contributed by atoms with E-state index in [1.54, 1.807) is 6.07 Å². The van der Waals surface area contributed by atoms with E-state index in [1.165, 1.54) is 50.7 Å². The summed E-state index contributed by atoms with van der Waals surface area (Å²) >= 11 is 0. The Bertz CT molecular complexity index is 1230. The SMILES string of the molecule is CNC(=O)c1ncccc1Oc1ccc(C(=O)C(=O)Nc2cc(OC)cc(C(F)(F)F)c2)cc1. The zero-order valence-electron chi connectivity index (χ0n) is 17.9. The number of rotatable bonds is 7. The van der Waals surface area contributed by atoms with Gasteiger partial charge in [-0.15, -0.1) is 0 Å². The van der Waals surface area contributed by atoms with E-state index in [-0.39, 0.29) is 34.2 Å². The van der Waals surface area contributed by atoms with E-state index in [1.807, 2.05) is 0 Å². The van der Waals surface area contributed by atoms with Crippen molar-refractivity contribution in [1.82, 2.24) is 10.3 Å². The van der Waals surface area contributed by atoms with Gasteiger partial charge in [0.15, 0.2) is 11.4 Å². The number of hydrogen-bond donors (Lipinski definition) is 2. The summed E-state index contributed by atoms with van der Waals surface area (Å²) in [6.45, 7) is 0. The van der Waals surface area contributed by atoms with Crippen LogP contribution >= 0.6 is 0 Å². The molecule has 0 saturated heterocycles. The van der Waals surface area contributed by atoms with Gasteiger partial charge in [-0.1, -0.05) is 0 Å². The van der Waals surface area contributed by atoms with Gasteiger partial charge in [-0.05, 0) is 48.5 Å². The van der Waals surface area contributed by atoms with E-state index in [2.05, 4.69) is 15.6 Å². The lowest BCUT2D eigenvalue weighted by Crippen LogP contribution is -2.23. The third-order valence-corrected chi connectivity index (χ3v) is 4.49. The fourth-order valence-corrected chi connectivity index (χ4v) is 2.83. The average molecular weight is 473 g/mol. The van der Waals surface area contributed by atoms with Crippen molar-refractivity contribution in [3.63, 3.8) is 0 Å². The second-order valence-electron chi connectivity index (χ2n) is 6.79.